The molecule has 4 nitrogen and oxygen atoms in total. The summed E-state index contributed by atoms with van der Waals surface area (Å²) in [5, 5.41) is 0.619. The summed E-state index contributed by atoms with van der Waals surface area (Å²) in [6, 6.07) is 6.07. The zero-order valence-corrected chi connectivity index (χ0v) is 12.6. The Kier molecular flexibility index (Phi) is 3.14. The quantitative estimate of drug-likeness (QED) is 0.798. The number of thiazole rings is 1. The number of furan rings is 1. The van der Waals surface area contributed by atoms with E-state index in [1.165, 1.54) is 22.7 Å². The Labute approximate surface area is 121 Å². The van der Waals surface area contributed by atoms with Gasteiger partial charge in [0.1, 0.15) is 5.76 Å². The van der Waals surface area contributed by atoms with Crippen LogP contribution in [0.3, 0.4) is 0 Å². The van der Waals surface area contributed by atoms with Crippen molar-refractivity contribution in [1.29, 1.82) is 0 Å². The Morgan fingerprint density at radius 1 is 1.35 bits per heavy atom. The van der Waals surface area contributed by atoms with Gasteiger partial charge in [0.25, 0.3) is 0 Å². The van der Waals surface area contributed by atoms with Gasteiger partial charge in [0.15, 0.2) is 5.13 Å². The van der Waals surface area contributed by atoms with Crippen LogP contribution in [-0.4, -0.2) is 9.55 Å². The second kappa shape index (κ2) is 4.83. The molecule has 0 atom stereocenters. The van der Waals surface area contributed by atoms with Crippen LogP contribution >= 0.6 is 11.3 Å². The summed E-state index contributed by atoms with van der Waals surface area (Å²) in [6.45, 7) is 7.01. The van der Waals surface area contributed by atoms with Crippen molar-refractivity contribution in [1.82, 2.24) is 9.55 Å². The molecule has 0 bridgehead atoms. The summed E-state index contributed by atoms with van der Waals surface area (Å²) in [7, 11) is 0. The van der Waals surface area contributed by atoms with Crippen molar-refractivity contribution >= 4 is 16.5 Å². The largest absolute Gasteiger partial charge is 0.467 e. The molecule has 0 radical (unpaired) electrons. The predicted molar refractivity (Wildman–Crippen MR) is 82.0 cm³/mol. The number of nitrogen functional groups attached to an aromatic ring is 1. The van der Waals surface area contributed by atoms with Crippen molar-refractivity contribution in [3.05, 3.63) is 46.5 Å². The third-order valence-electron chi connectivity index (χ3n) is 3.54. The van der Waals surface area contributed by atoms with Gasteiger partial charge in [-0.15, -0.1) is 11.3 Å². The number of aryl methyl sites for hydroxylation is 2. The molecule has 0 unspecified atom stereocenters. The fourth-order valence-electron chi connectivity index (χ4n) is 2.51. The maximum Gasteiger partial charge on any atom is 0.180 e. The van der Waals surface area contributed by atoms with Crippen LogP contribution in [0.1, 0.15) is 22.0 Å². The molecule has 0 amide bonds. The molecule has 3 aromatic heterocycles. The van der Waals surface area contributed by atoms with Crippen molar-refractivity contribution in [2.75, 3.05) is 5.73 Å². The lowest BCUT2D eigenvalue weighted by Crippen LogP contribution is -2.03. The summed E-state index contributed by atoms with van der Waals surface area (Å²) >= 11 is 1.53. The molecule has 3 heterocycles. The zero-order chi connectivity index (χ0) is 14.3. The van der Waals surface area contributed by atoms with E-state index in [9.17, 15) is 0 Å². The van der Waals surface area contributed by atoms with Gasteiger partial charge in [0, 0.05) is 21.8 Å². The highest BCUT2D eigenvalue weighted by Crippen LogP contribution is 2.33. The number of hydrogen-bond donors (Lipinski definition) is 1. The van der Waals surface area contributed by atoms with Crippen molar-refractivity contribution in [2.24, 2.45) is 0 Å². The van der Waals surface area contributed by atoms with Crippen LogP contribution in [0.4, 0.5) is 5.13 Å². The van der Waals surface area contributed by atoms with E-state index in [0.29, 0.717) is 5.13 Å². The minimum absolute atomic E-state index is 0.619. The number of rotatable bonds is 3. The van der Waals surface area contributed by atoms with Gasteiger partial charge in [0.05, 0.1) is 18.5 Å². The zero-order valence-electron chi connectivity index (χ0n) is 11.8. The Morgan fingerprint density at radius 3 is 2.75 bits per heavy atom. The molecular weight excluding hydrogens is 270 g/mol. The van der Waals surface area contributed by atoms with Crippen LogP contribution in [-0.2, 0) is 6.54 Å². The van der Waals surface area contributed by atoms with Crippen molar-refractivity contribution in [3.8, 4) is 11.3 Å². The average Bonchev–Trinajstić information content (AvgIpc) is 3.07. The second-order valence-corrected chi connectivity index (χ2v) is 6.14. The van der Waals surface area contributed by atoms with Gasteiger partial charge < -0.3 is 14.7 Å². The van der Waals surface area contributed by atoms with E-state index in [4.69, 9.17) is 10.2 Å². The third-order valence-corrected chi connectivity index (χ3v) is 4.34. The van der Waals surface area contributed by atoms with Gasteiger partial charge in [-0.25, -0.2) is 4.98 Å². The number of aromatic nitrogens is 2. The predicted octanol–water partition coefficient (Wildman–Crippen LogP) is 3.76. The number of nitrogens with two attached hydrogens (primary N) is 1. The Morgan fingerprint density at radius 2 is 2.15 bits per heavy atom. The molecule has 0 aliphatic rings. The summed E-state index contributed by atoms with van der Waals surface area (Å²) in [6.07, 6.45) is 1.70. The van der Waals surface area contributed by atoms with Gasteiger partial charge in [-0.1, -0.05) is 0 Å². The van der Waals surface area contributed by atoms with Crippen molar-refractivity contribution < 1.29 is 4.42 Å². The lowest BCUT2D eigenvalue weighted by molar-refractivity contribution is 0.489. The molecule has 0 spiro atoms. The highest BCUT2D eigenvalue weighted by molar-refractivity contribution is 7.15. The van der Waals surface area contributed by atoms with Crippen LogP contribution in [0.25, 0.3) is 11.3 Å². The maximum absolute atomic E-state index is 5.81. The van der Waals surface area contributed by atoms with Gasteiger partial charge in [0.2, 0.25) is 0 Å². The molecular formula is C15H17N3OS. The first-order valence-corrected chi connectivity index (χ1v) is 7.30. The van der Waals surface area contributed by atoms with Crippen LogP contribution in [0.15, 0.2) is 28.9 Å². The van der Waals surface area contributed by atoms with Gasteiger partial charge in [-0.05, 0) is 39.0 Å². The highest BCUT2D eigenvalue weighted by atomic mass is 32.1. The van der Waals surface area contributed by atoms with Gasteiger partial charge in [-0.2, -0.15) is 0 Å². The first kappa shape index (κ1) is 13.0. The van der Waals surface area contributed by atoms with E-state index in [1.807, 2.05) is 12.1 Å². The van der Waals surface area contributed by atoms with Crippen molar-refractivity contribution in [2.45, 2.75) is 27.3 Å². The number of hydrogen-bond acceptors (Lipinski definition) is 4. The highest BCUT2D eigenvalue weighted by Gasteiger charge is 2.16. The van der Waals surface area contributed by atoms with E-state index < -0.39 is 0 Å². The summed E-state index contributed by atoms with van der Waals surface area (Å²) in [5.41, 5.74) is 10.3. The molecule has 5 heteroatoms. The molecule has 20 heavy (non-hydrogen) atoms. The van der Waals surface area contributed by atoms with Gasteiger partial charge >= 0.3 is 0 Å². The topological polar surface area (TPSA) is 57.0 Å². The molecule has 0 aliphatic carbocycles. The lowest BCUT2D eigenvalue weighted by Gasteiger charge is -2.07. The van der Waals surface area contributed by atoms with Crippen molar-refractivity contribution in [3.63, 3.8) is 0 Å². The average molecular weight is 287 g/mol. The van der Waals surface area contributed by atoms with Crippen LogP contribution in [0, 0.1) is 20.8 Å². The third kappa shape index (κ3) is 2.14. The Balaban J connectivity index is 2.04. The van der Waals surface area contributed by atoms with E-state index >= 15 is 0 Å². The van der Waals surface area contributed by atoms with E-state index in [2.05, 4.69) is 36.4 Å². The Bertz CT molecular complexity index is 738. The SMILES string of the molecule is Cc1sc(N)nc1-c1cc(C)n(Cc2ccco2)c1C. The summed E-state index contributed by atoms with van der Waals surface area (Å²) in [4.78, 5) is 5.61. The molecule has 2 N–H and O–H groups in total. The fourth-order valence-corrected chi connectivity index (χ4v) is 3.21. The van der Waals surface area contributed by atoms with Gasteiger partial charge in [-0.3, -0.25) is 0 Å². The van der Waals surface area contributed by atoms with E-state index in [0.717, 1.165) is 28.4 Å². The lowest BCUT2D eigenvalue weighted by atomic mass is 10.1. The van der Waals surface area contributed by atoms with Crippen LogP contribution < -0.4 is 5.73 Å². The minimum Gasteiger partial charge on any atom is -0.467 e. The Hall–Kier alpha value is -2.01. The molecule has 3 aromatic rings. The summed E-state index contributed by atoms with van der Waals surface area (Å²) < 4.78 is 7.68. The fraction of sp³-hybridized carbons (Fsp3) is 0.267. The monoisotopic (exact) mass is 287 g/mol. The van der Waals surface area contributed by atoms with Crippen LogP contribution in [0.5, 0.6) is 0 Å². The number of nitrogens with zero attached hydrogens (tertiary/aromatic N) is 2. The molecule has 104 valence electrons. The maximum atomic E-state index is 5.81. The molecule has 0 aliphatic heterocycles. The first-order chi connectivity index (χ1) is 9.56. The standard InChI is InChI=1S/C15H17N3OS/c1-9-7-13(14-11(3)20-15(16)17-14)10(2)18(9)8-12-5-4-6-19-12/h4-7H,8H2,1-3H3,(H2,16,17). The molecule has 0 aromatic carbocycles. The molecule has 0 saturated carbocycles. The molecule has 3 rings (SSSR count). The van der Waals surface area contributed by atoms with E-state index in [1.54, 1.807) is 6.26 Å². The van der Waals surface area contributed by atoms with E-state index in [-0.39, 0.29) is 0 Å². The molecule has 0 fully saturated rings. The summed E-state index contributed by atoms with van der Waals surface area (Å²) in [5.74, 6) is 0.952. The smallest absolute Gasteiger partial charge is 0.180 e. The second-order valence-electron chi connectivity index (χ2n) is 4.91. The normalized spacial score (nSPS) is 11.2. The minimum atomic E-state index is 0.619. The van der Waals surface area contributed by atoms with Crippen LogP contribution in [0.2, 0.25) is 0 Å². The number of anilines is 1. The first-order valence-electron chi connectivity index (χ1n) is 6.48. The molecule has 0 saturated heterocycles.